The second-order valence-electron chi connectivity index (χ2n) is 4.90. The molecule has 0 aromatic heterocycles. The van der Waals surface area contributed by atoms with Gasteiger partial charge < -0.3 is 5.11 Å². The molecule has 0 aliphatic carbocycles. The number of benzene rings is 2. The van der Waals surface area contributed by atoms with Gasteiger partial charge >= 0.3 is 0 Å². The molecule has 0 unspecified atom stereocenters. The summed E-state index contributed by atoms with van der Waals surface area (Å²) in [4.78, 5) is -0.446. The molecule has 4 nitrogen and oxygen atoms in total. The lowest BCUT2D eigenvalue weighted by Crippen LogP contribution is -2.15. The molecule has 0 bridgehead atoms. The van der Waals surface area contributed by atoms with Crippen molar-refractivity contribution in [1.29, 1.82) is 0 Å². The third kappa shape index (κ3) is 3.59. The first-order chi connectivity index (χ1) is 9.81. The molecular formula is C15H16FNO3S. The van der Waals surface area contributed by atoms with E-state index in [9.17, 15) is 12.8 Å². The molecule has 0 saturated carbocycles. The van der Waals surface area contributed by atoms with Crippen molar-refractivity contribution < 1.29 is 17.9 Å². The van der Waals surface area contributed by atoms with E-state index in [2.05, 4.69) is 4.72 Å². The minimum Gasteiger partial charge on any atom is -0.392 e. The Kier molecular flexibility index (Phi) is 4.29. The smallest absolute Gasteiger partial charge is 0.264 e. The van der Waals surface area contributed by atoms with Crippen molar-refractivity contribution in [3.05, 3.63) is 58.9 Å². The van der Waals surface area contributed by atoms with Gasteiger partial charge in [-0.2, -0.15) is 0 Å². The normalized spacial score (nSPS) is 11.4. The van der Waals surface area contributed by atoms with Crippen LogP contribution >= 0.6 is 0 Å². The van der Waals surface area contributed by atoms with Crippen LogP contribution in [0, 0.1) is 19.7 Å². The van der Waals surface area contributed by atoms with E-state index in [4.69, 9.17) is 5.11 Å². The third-order valence-corrected chi connectivity index (χ3v) is 4.36. The predicted molar refractivity (Wildman–Crippen MR) is 79.0 cm³/mol. The largest absolute Gasteiger partial charge is 0.392 e. The first-order valence-corrected chi connectivity index (χ1v) is 7.80. The minimum atomic E-state index is -4.01. The highest BCUT2D eigenvalue weighted by molar-refractivity contribution is 7.92. The zero-order chi connectivity index (χ0) is 15.6. The molecule has 0 radical (unpaired) electrons. The van der Waals surface area contributed by atoms with Crippen molar-refractivity contribution in [2.45, 2.75) is 25.3 Å². The summed E-state index contributed by atoms with van der Waals surface area (Å²) in [5, 5.41) is 8.92. The zero-order valence-corrected chi connectivity index (χ0v) is 12.5. The van der Waals surface area contributed by atoms with Crippen LogP contribution in [-0.4, -0.2) is 13.5 Å². The Morgan fingerprint density at radius 3 is 2.24 bits per heavy atom. The van der Waals surface area contributed by atoms with Crippen molar-refractivity contribution >= 4 is 15.7 Å². The lowest BCUT2D eigenvalue weighted by atomic mass is 10.1. The number of rotatable bonds is 4. The van der Waals surface area contributed by atoms with Crippen LogP contribution in [0.25, 0.3) is 0 Å². The zero-order valence-electron chi connectivity index (χ0n) is 11.7. The average molecular weight is 309 g/mol. The van der Waals surface area contributed by atoms with Crippen molar-refractivity contribution in [1.82, 2.24) is 0 Å². The topological polar surface area (TPSA) is 66.4 Å². The fourth-order valence-corrected chi connectivity index (χ4v) is 3.21. The number of halogens is 1. The van der Waals surface area contributed by atoms with E-state index in [-0.39, 0.29) is 6.61 Å². The number of hydrogen-bond donors (Lipinski definition) is 2. The molecule has 0 spiro atoms. The number of anilines is 1. The molecule has 0 saturated heterocycles. The second-order valence-corrected chi connectivity index (χ2v) is 6.56. The van der Waals surface area contributed by atoms with Gasteiger partial charge in [0.15, 0.2) is 0 Å². The maximum Gasteiger partial charge on any atom is 0.264 e. The summed E-state index contributed by atoms with van der Waals surface area (Å²) in [7, 11) is -4.01. The number of aliphatic hydroxyl groups excluding tert-OH is 1. The highest BCUT2D eigenvalue weighted by atomic mass is 32.2. The molecule has 112 valence electrons. The van der Waals surface area contributed by atoms with Crippen LogP contribution in [-0.2, 0) is 16.6 Å². The summed E-state index contributed by atoms with van der Waals surface area (Å²) < 4.78 is 40.7. The maximum absolute atomic E-state index is 13.9. The first-order valence-electron chi connectivity index (χ1n) is 6.32. The Labute approximate surface area is 123 Å². The van der Waals surface area contributed by atoms with Gasteiger partial charge in [0.05, 0.1) is 6.61 Å². The van der Waals surface area contributed by atoms with Crippen molar-refractivity contribution in [3.63, 3.8) is 0 Å². The van der Waals surface area contributed by atoms with E-state index in [1.54, 1.807) is 12.1 Å². The molecule has 2 aromatic carbocycles. The SMILES string of the molecule is Cc1cc(C)cc(NS(=O)(=O)c2ccc(CO)cc2F)c1. The Bertz CT molecular complexity index is 752. The predicted octanol–water partition coefficient (Wildman–Crippen LogP) is 2.74. The molecule has 2 rings (SSSR count). The maximum atomic E-state index is 13.9. The van der Waals surface area contributed by atoms with Gasteiger partial charge in [0, 0.05) is 5.69 Å². The van der Waals surface area contributed by atoms with Crippen molar-refractivity contribution in [2.75, 3.05) is 4.72 Å². The summed E-state index contributed by atoms with van der Waals surface area (Å²) >= 11 is 0. The standard InChI is InChI=1S/C15H16FNO3S/c1-10-5-11(2)7-13(6-10)17-21(19,20)15-4-3-12(9-18)8-14(15)16/h3-8,17-18H,9H2,1-2H3. The molecule has 0 aliphatic heterocycles. The van der Waals surface area contributed by atoms with Crippen LogP contribution < -0.4 is 4.72 Å². The molecule has 0 aliphatic rings. The quantitative estimate of drug-likeness (QED) is 0.912. The van der Waals surface area contributed by atoms with Gasteiger partial charge in [-0.1, -0.05) is 12.1 Å². The fourth-order valence-electron chi connectivity index (χ4n) is 2.10. The Balaban J connectivity index is 2.38. The monoisotopic (exact) mass is 309 g/mol. The van der Waals surface area contributed by atoms with Crippen LogP contribution in [0.2, 0.25) is 0 Å². The molecule has 0 atom stereocenters. The van der Waals surface area contributed by atoms with Gasteiger partial charge in [0.25, 0.3) is 10.0 Å². The molecule has 0 heterocycles. The number of sulfonamides is 1. The van der Waals surface area contributed by atoms with Gasteiger partial charge in [-0.05, 0) is 54.8 Å². The summed E-state index contributed by atoms with van der Waals surface area (Å²) in [5.74, 6) is -0.890. The number of aryl methyl sites for hydroxylation is 2. The van der Waals surface area contributed by atoms with Gasteiger partial charge in [0.2, 0.25) is 0 Å². The van der Waals surface area contributed by atoms with E-state index >= 15 is 0 Å². The highest BCUT2D eigenvalue weighted by Crippen LogP contribution is 2.21. The third-order valence-electron chi connectivity index (χ3n) is 2.94. The van der Waals surface area contributed by atoms with Crippen LogP contribution in [0.5, 0.6) is 0 Å². The Morgan fingerprint density at radius 1 is 1.10 bits per heavy atom. The molecule has 21 heavy (non-hydrogen) atoms. The van der Waals surface area contributed by atoms with Crippen LogP contribution in [0.4, 0.5) is 10.1 Å². The lowest BCUT2D eigenvalue weighted by molar-refractivity contribution is 0.281. The van der Waals surface area contributed by atoms with Crippen LogP contribution in [0.3, 0.4) is 0 Å². The number of hydrogen-bond acceptors (Lipinski definition) is 3. The van der Waals surface area contributed by atoms with E-state index in [1.807, 2.05) is 19.9 Å². The lowest BCUT2D eigenvalue weighted by Gasteiger charge is -2.11. The number of aliphatic hydroxyl groups is 1. The van der Waals surface area contributed by atoms with E-state index in [0.717, 1.165) is 23.3 Å². The Morgan fingerprint density at radius 2 is 1.71 bits per heavy atom. The van der Waals surface area contributed by atoms with Crippen LogP contribution in [0.1, 0.15) is 16.7 Å². The number of nitrogens with one attached hydrogen (secondary N) is 1. The van der Waals surface area contributed by atoms with E-state index in [1.165, 1.54) is 6.07 Å². The summed E-state index contributed by atoms with van der Waals surface area (Å²) in [6, 6.07) is 8.78. The van der Waals surface area contributed by atoms with Gasteiger partial charge in [-0.25, -0.2) is 12.8 Å². The van der Waals surface area contributed by atoms with Gasteiger partial charge in [0.1, 0.15) is 10.7 Å². The molecule has 6 heteroatoms. The van der Waals surface area contributed by atoms with Crippen LogP contribution in [0.15, 0.2) is 41.3 Å². The molecule has 2 aromatic rings. The average Bonchev–Trinajstić information content (AvgIpc) is 2.36. The summed E-state index contributed by atoms with van der Waals surface area (Å²) in [6.45, 7) is 3.35. The molecular weight excluding hydrogens is 293 g/mol. The fraction of sp³-hybridized carbons (Fsp3) is 0.200. The first kappa shape index (κ1) is 15.5. The highest BCUT2D eigenvalue weighted by Gasteiger charge is 2.19. The Hall–Kier alpha value is -1.92. The second kappa shape index (κ2) is 5.83. The van der Waals surface area contributed by atoms with Gasteiger partial charge in [-0.15, -0.1) is 0 Å². The molecule has 2 N–H and O–H groups in total. The van der Waals surface area contributed by atoms with E-state index in [0.29, 0.717) is 11.3 Å². The van der Waals surface area contributed by atoms with E-state index < -0.39 is 20.7 Å². The molecule has 0 fully saturated rings. The summed E-state index contributed by atoms with van der Waals surface area (Å²) in [5.41, 5.74) is 2.52. The molecule has 0 amide bonds. The van der Waals surface area contributed by atoms with Crippen molar-refractivity contribution in [3.8, 4) is 0 Å². The van der Waals surface area contributed by atoms with Gasteiger partial charge in [-0.3, -0.25) is 4.72 Å². The summed E-state index contributed by atoms with van der Waals surface area (Å²) in [6.07, 6.45) is 0. The van der Waals surface area contributed by atoms with Crippen molar-refractivity contribution in [2.24, 2.45) is 0 Å². The minimum absolute atomic E-state index is 0.317.